The second kappa shape index (κ2) is 4.57. The molecule has 3 rings (SSSR count). The number of hydrogen-bond donors (Lipinski definition) is 1. The molecule has 1 aliphatic heterocycles. The van der Waals surface area contributed by atoms with Crippen molar-refractivity contribution < 1.29 is 17.8 Å². The van der Waals surface area contributed by atoms with Crippen LogP contribution in [0, 0.1) is 0 Å². The van der Waals surface area contributed by atoms with Gasteiger partial charge in [-0.3, -0.25) is 9.35 Å². The van der Waals surface area contributed by atoms with Crippen LogP contribution in [0.2, 0.25) is 0 Å². The number of hydrogen-bond acceptors (Lipinski definition) is 3. The van der Waals surface area contributed by atoms with Gasteiger partial charge >= 0.3 is 0 Å². The molecule has 1 heterocycles. The van der Waals surface area contributed by atoms with Crippen LogP contribution in [0.1, 0.15) is 16.8 Å². The Balaban J connectivity index is 1.93. The Morgan fingerprint density at radius 3 is 2.50 bits per heavy atom. The number of carbonyl (C=O) groups excluding carboxylic acids is 1. The molecule has 6 heteroatoms. The Bertz CT molecular complexity index is 793. The topological polar surface area (TPSA) is 74.7 Å². The summed E-state index contributed by atoms with van der Waals surface area (Å²) in [5.41, 5.74) is 1.45. The van der Waals surface area contributed by atoms with Gasteiger partial charge in [0.15, 0.2) is 0 Å². The highest BCUT2D eigenvalue weighted by molar-refractivity contribution is 7.85. The first kappa shape index (κ1) is 13.1. The van der Waals surface area contributed by atoms with Crippen molar-refractivity contribution in [1.82, 2.24) is 0 Å². The lowest BCUT2D eigenvalue weighted by Crippen LogP contribution is -2.29. The fourth-order valence-electron chi connectivity index (χ4n) is 2.61. The summed E-state index contributed by atoms with van der Waals surface area (Å²) in [6, 6.07) is 11.2. The second-order valence-corrected chi connectivity index (χ2v) is 6.35. The number of carbonyl (C=O) groups is 1. The molecule has 0 radical (unpaired) electrons. The zero-order chi connectivity index (χ0) is 14.3. The summed E-state index contributed by atoms with van der Waals surface area (Å²) in [6.45, 7) is 0.270. The maximum absolute atomic E-state index is 12.3. The molecule has 0 atom stereocenters. The van der Waals surface area contributed by atoms with Crippen LogP contribution in [0.15, 0.2) is 36.4 Å². The minimum absolute atomic E-state index is 0.118. The molecular weight excluding hydrogens is 278 g/mol. The predicted octanol–water partition coefficient (Wildman–Crippen LogP) is 2.08. The summed E-state index contributed by atoms with van der Waals surface area (Å²) >= 11 is 0. The van der Waals surface area contributed by atoms with E-state index in [0.29, 0.717) is 5.56 Å². The molecule has 0 fully saturated rings. The second-order valence-electron chi connectivity index (χ2n) is 4.78. The maximum Gasteiger partial charge on any atom is 0.264 e. The fourth-order valence-corrected chi connectivity index (χ4v) is 3.10. The number of nitrogens with zero attached hydrogens (tertiary/aromatic N) is 1. The Hall–Kier alpha value is -1.92. The summed E-state index contributed by atoms with van der Waals surface area (Å²) in [7, 11) is -3.99. The van der Waals surface area contributed by atoms with E-state index < -0.39 is 10.1 Å². The van der Waals surface area contributed by atoms with Crippen LogP contribution in [-0.2, 0) is 10.1 Å². The Morgan fingerprint density at radius 2 is 1.80 bits per heavy atom. The van der Waals surface area contributed by atoms with Crippen LogP contribution in [0.3, 0.4) is 0 Å². The van der Waals surface area contributed by atoms with Gasteiger partial charge in [0.2, 0.25) is 0 Å². The maximum atomic E-state index is 12.3. The molecule has 0 aliphatic carbocycles. The van der Waals surface area contributed by atoms with Gasteiger partial charge in [-0.2, -0.15) is 8.42 Å². The zero-order valence-electron chi connectivity index (χ0n) is 10.6. The molecule has 0 saturated carbocycles. The van der Waals surface area contributed by atoms with Gasteiger partial charge < -0.3 is 4.90 Å². The first-order valence-electron chi connectivity index (χ1n) is 6.26. The monoisotopic (exact) mass is 291 g/mol. The van der Waals surface area contributed by atoms with Gasteiger partial charge in [-0.1, -0.05) is 24.3 Å². The van der Waals surface area contributed by atoms with Crippen LogP contribution in [0.4, 0.5) is 5.69 Å². The van der Waals surface area contributed by atoms with Crippen molar-refractivity contribution in [1.29, 1.82) is 0 Å². The standard InChI is InChI=1S/C14H13NO4S/c16-14-11-6-1-4-10-5-2-7-12(13(10)11)15(14)8-3-9-20(17,18)19/h1-2,4-7H,3,8-9H2,(H,17,18,19). The minimum atomic E-state index is -3.99. The number of anilines is 1. The van der Waals surface area contributed by atoms with Crippen LogP contribution in [-0.4, -0.2) is 31.2 Å². The summed E-state index contributed by atoms with van der Waals surface area (Å²) in [4.78, 5) is 13.9. The third-order valence-electron chi connectivity index (χ3n) is 3.43. The van der Waals surface area contributed by atoms with E-state index >= 15 is 0 Å². The van der Waals surface area contributed by atoms with Gasteiger partial charge in [0, 0.05) is 17.5 Å². The van der Waals surface area contributed by atoms with Gasteiger partial charge in [-0.25, -0.2) is 0 Å². The lowest BCUT2D eigenvalue weighted by atomic mass is 10.1. The van der Waals surface area contributed by atoms with Crippen molar-refractivity contribution in [2.45, 2.75) is 6.42 Å². The van der Waals surface area contributed by atoms with E-state index in [1.807, 2.05) is 30.3 Å². The Kier molecular flexibility index (Phi) is 2.99. The average Bonchev–Trinajstić information content (AvgIpc) is 2.66. The molecule has 20 heavy (non-hydrogen) atoms. The molecule has 1 amide bonds. The van der Waals surface area contributed by atoms with Crippen molar-refractivity contribution in [2.24, 2.45) is 0 Å². The Morgan fingerprint density at radius 1 is 1.10 bits per heavy atom. The number of benzene rings is 2. The highest BCUT2D eigenvalue weighted by atomic mass is 32.2. The molecule has 0 aromatic heterocycles. The largest absolute Gasteiger partial charge is 0.308 e. The molecule has 1 N–H and O–H groups in total. The van der Waals surface area contributed by atoms with E-state index in [9.17, 15) is 13.2 Å². The van der Waals surface area contributed by atoms with E-state index in [4.69, 9.17) is 4.55 Å². The van der Waals surface area contributed by atoms with Crippen molar-refractivity contribution in [3.8, 4) is 0 Å². The van der Waals surface area contributed by atoms with E-state index in [0.717, 1.165) is 16.5 Å². The summed E-state index contributed by atoms with van der Waals surface area (Å²) < 4.78 is 30.2. The highest BCUT2D eigenvalue weighted by Gasteiger charge is 2.29. The van der Waals surface area contributed by atoms with Crippen LogP contribution >= 0.6 is 0 Å². The summed E-state index contributed by atoms with van der Waals surface area (Å²) in [5.74, 6) is -0.463. The van der Waals surface area contributed by atoms with Crippen molar-refractivity contribution in [2.75, 3.05) is 17.2 Å². The third kappa shape index (κ3) is 2.17. The highest BCUT2D eigenvalue weighted by Crippen LogP contribution is 2.37. The fraction of sp³-hybridized carbons (Fsp3) is 0.214. The number of amides is 1. The molecule has 0 saturated heterocycles. The molecule has 0 spiro atoms. The smallest absolute Gasteiger partial charge is 0.264 e. The molecule has 2 aromatic carbocycles. The summed E-state index contributed by atoms with van der Waals surface area (Å²) in [5, 5.41) is 1.90. The van der Waals surface area contributed by atoms with Crippen LogP contribution in [0.5, 0.6) is 0 Å². The molecule has 1 aliphatic rings. The SMILES string of the molecule is O=C1c2cccc3cccc(c23)N1CCCS(=O)(=O)O. The Labute approximate surface area is 116 Å². The molecule has 5 nitrogen and oxygen atoms in total. The average molecular weight is 291 g/mol. The molecule has 0 unspecified atom stereocenters. The van der Waals surface area contributed by atoms with Gasteiger partial charge in [-0.05, 0) is 23.9 Å². The molecular formula is C14H13NO4S. The van der Waals surface area contributed by atoms with Crippen molar-refractivity contribution in [3.05, 3.63) is 42.0 Å². The van der Waals surface area contributed by atoms with E-state index in [2.05, 4.69) is 0 Å². The van der Waals surface area contributed by atoms with E-state index in [1.165, 1.54) is 0 Å². The van der Waals surface area contributed by atoms with Gasteiger partial charge in [0.1, 0.15) is 0 Å². The van der Waals surface area contributed by atoms with Gasteiger partial charge in [-0.15, -0.1) is 0 Å². The first-order chi connectivity index (χ1) is 9.47. The predicted molar refractivity (Wildman–Crippen MR) is 76.7 cm³/mol. The normalized spacial score (nSPS) is 14.2. The molecule has 104 valence electrons. The zero-order valence-corrected chi connectivity index (χ0v) is 11.4. The number of rotatable bonds is 4. The summed E-state index contributed by atoms with van der Waals surface area (Å²) in [6.07, 6.45) is 0.203. The van der Waals surface area contributed by atoms with Crippen LogP contribution < -0.4 is 4.90 Å². The lowest BCUT2D eigenvalue weighted by Gasteiger charge is -2.17. The minimum Gasteiger partial charge on any atom is -0.308 e. The van der Waals surface area contributed by atoms with Crippen LogP contribution in [0.25, 0.3) is 10.8 Å². The van der Waals surface area contributed by atoms with E-state index in [-0.39, 0.29) is 24.6 Å². The van der Waals surface area contributed by atoms with Gasteiger partial charge in [0.05, 0.1) is 11.4 Å². The quantitative estimate of drug-likeness (QED) is 0.875. The van der Waals surface area contributed by atoms with E-state index in [1.54, 1.807) is 11.0 Å². The van der Waals surface area contributed by atoms with Crippen molar-refractivity contribution >= 4 is 32.5 Å². The molecule has 2 aromatic rings. The van der Waals surface area contributed by atoms with Crippen molar-refractivity contribution in [3.63, 3.8) is 0 Å². The third-order valence-corrected chi connectivity index (χ3v) is 4.24. The lowest BCUT2D eigenvalue weighted by molar-refractivity contribution is 0.0993. The first-order valence-corrected chi connectivity index (χ1v) is 7.87. The van der Waals surface area contributed by atoms with Gasteiger partial charge in [0.25, 0.3) is 16.0 Å². The molecule has 0 bridgehead atoms.